The van der Waals surface area contributed by atoms with E-state index in [1.165, 1.54) is 63.0 Å². The van der Waals surface area contributed by atoms with Crippen molar-refractivity contribution in [2.45, 2.75) is 58.4 Å². The second kappa shape index (κ2) is 6.72. The van der Waals surface area contributed by atoms with Crippen molar-refractivity contribution in [2.24, 2.45) is 11.8 Å². The van der Waals surface area contributed by atoms with Gasteiger partial charge in [0, 0.05) is 19.1 Å². The molecule has 1 heterocycles. The summed E-state index contributed by atoms with van der Waals surface area (Å²) in [4.78, 5) is 2.55. The van der Waals surface area contributed by atoms with Gasteiger partial charge in [-0.15, -0.1) is 0 Å². The highest BCUT2D eigenvalue weighted by Crippen LogP contribution is 2.35. The van der Waals surface area contributed by atoms with Crippen molar-refractivity contribution in [3.05, 3.63) is 24.3 Å². The molecule has 0 amide bonds. The first-order valence-corrected chi connectivity index (χ1v) is 8.86. The van der Waals surface area contributed by atoms with E-state index in [1.807, 2.05) is 0 Å². The third kappa shape index (κ3) is 3.36. The predicted octanol–water partition coefficient (Wildman–Crippen LogP) is 4.91. The van der Waals surface area contributed by atoms with Gasteiger partial charge in [0.1, 0.15) is 0 Å². The van der Waals surface area contributed by atoms with Crippen LogP contribution in [0.3, 0.4) is 0 Å². The van der Waals surface area contributed by atoms with Crippen molar-refractivity contribution in [3.63, 3.8) is 0 Å². The summed E-state index contributed by atoms with van der Waals surface area (Å²) in [7, 11) is 0. The zero-order chi connectivity index (χ0) is 14.7. The molecule has 2 atom stereocenters. The number of hydrogen-bond acceptors (Lipinski definition) is 2. The van der Waals surface area contributed by atoms with Crippen molar-refractivity contribution in [3.8, 4) is 0 Å². The van der Waals surface area contributed by atoms with Crippen LogP contribution in [-0.4, -0.2) is 19.1 Å². The monoisotopic (exact) mass is 286 g/mol. The van der Waals surface area contributed by atoms with Gasteiger partial charge in [0.2, 0.25) is 0 Å². The summed E-state index contributed by atoms with van der Waals surface area (Å²) in [6.07, 6.45) is 8.19. The summed E-state index contributed by atoms with van der Waals surface area (Å²) in [5, 5.41) is 3.92. The maximum Gasteiger partial charge on any atom is 0.0602 e. The molecule has 0 bridgehead atoms. The SMILES string of the molecule is CC(C)C1CCCCC1Nc1ccccc1N1CCCC1. The molecule has 1 N–H and O–H groups in total. The minimum absolute atomic E-state index is 0.655. The average Bonchev–Trinajstić information content (AvgIpc) is 3.02. The zero-order valence-electron chi connectivity index (χ0n) is 13.6. The second-order valence-electron chi connectivity index (χ2n) is 7.15. The fraction of sp³-hybridized carbons (Fsp3) is 0.684. The molecule has 2 heteroatoms. The Labute approximate surface area is 129 Å². The highest BCUT2D eigenvalue weighted by Gasteiger charge is 2.28. The molecule has 1 aliphatic carbocycles. The lowest BCUT2D eigenvalue weighted by atomic mass is 9.77. The Balaban J connectivity index is 1.77. The normalized spacial score (nSPS) is 26.3. The van der Waals surface area contributed by atoms with Gasteiger partial charge in [-0.25, -0.2) is 0 Å². The molecule has 2 fully saturated rings. The summed E-state index contributed by atoms with van der Waals surface area (Å²) in [6.45, 7) is 7.21. The summed E-state index contributed by atoms with van der Waals surface area (Å²) >= 11 is 0. The molecule has 1 aromatic rings. The topological polar surface area (TPSA) is 15.3 Å². The number of para-hydroxylation sites is 2. The smallest absolute Gasteiger partial charge is 0.0602 e. The molecule has 3 rings (SSSR count). The van der Waals surface area contributed by atoms with Gasteiger partial charge in [0.05, 0.1) is 11.4 Å². The summed E-state index contributed by atoms with van der Waals surface area (Å²) in [5.41, 5.74) is 2.78. The van der Waals surface area contributed by atoms with Gasteiger partial charge in [0.15, 0.2) is 0 Å². The Morgan fingerprint density at radius 1 is 1.00 bits per heavy atom. The molecule has 0 radical (unpaired) electrons. The highest BCUT2D eigenvalue weighted by atomic mass is 15.2. The quantitative estimate of drug-likeness (QED) is 0.845. The molecular weight excluding hydrogens is 256 g/mol. The Kier molecular flexibility index (Phi) is 4.72. The molecule has 1 saturated heterocycles. The van der Waals surface area contributed by atoms with Gasteiger partial charge in [-0.3, -0.25) is 0 Å². The van der Waals surface area contributed by atoms with E-state index in [1.54, 1.807) is 0 Å². The summed E-state index contributed by atoms with van der Waals surface area (Å²) in [6, 6.07) is 9.58. The van der Waals surface area contributed by atoms with Crippen LogP contribution in [0, 0.1) is 11.8 Å². The largest absolute Gasteiger partial charge is 0.380 e. The van der Waals surface area contributed by atoms with Crippen molar-refractivity contribution in [1.29, 1.82) is 0 Å². The van der Waals surface area contributed by atoms with Crippen LogP contribution in [0.25, 0.3) is 0 Å². The van der Waals surface area contributed by atoms with Crippen molar-refractivity contribution >= 4 is 11.4 Å². The van der Waals surface area contributed by atoms with Crippen molar-refractivity contribution < 1.29 is 0 Å². The molecule has 21 heavy (non-hydrogen) atoms. The van der Waals surface area contributed by atoms with Crippen LogP contribution in [-0.2, 0) is 0 Å². The van der Waals surface area contributed by atoms with E-state index >= 15 is 0 Å². The van der Waals surface area contributed by atoms with E-state index in [2.05, 4.69) is 48.3 Å². The number of nitrogens with one attached hydrogen (secondary N) is 1. The molecule has 1 aromatic carbocycles. The van der Waals surface area contributed by atoms with E-state index in [9.17, 15) is 0 Å². The van der Waals surface area contributed by atoms with Gasteiger partial charge >= 0.3 is 0 Å². The lowest BCUT2D eigenvalue weighted by Gasteiger charge is -2.36. The molecule has 1 saturated carbocycles. The maximum atomic E-state index is 3.92. The van der Waals surface area contributed by atoms with Crippen molar-refractivity contribution in [2.75, 3.05) is 23.3 Å². The first kappa shape index (κ1) is 14.7. The molecule has 2 unspecified atom stereocenters. The third-order valence-electron chi connectivity index (χ3n) is 5.37. The van der Waals surface area contributed by atoms with Gasteiger partial charge in [0.25, 0.3) is 0 Å². The summed E-state index contributed by atoms with van der Waals surface area (Å²) < 4.78 is 0. The number of nitrogens with zero attached hydrogens (tertiary/aromatic N) is 1. The number of hydrogen-bond donors (Lipinski definition) is 1. The average molecular weight is 286 g/mol. The zero-order valence-corrected chi connectivity index (χ0v) is 13.6. The standard InChI is InChI=1S/C19H30N2/c1-15(2)16-9-3-4-10-17(16)20-18-11-5-6-12-19(18)21-13-7-8-14-21/h5-6,11-12,15-17,20H,3-4,7-10,13-14H2,1-2H3. The van der Waals surface area contributed by atoms with Crippen LogP contribution in [0.1, 0.15) is 52.4 Å². The minimum Gasteiger partial charge on any atom is -0.380 e. The maximum absolute atomic E-state index is 3.92. The predicted molar refractivity (Wildman–Crippen MR) is 92.1 cm³/mol. The lowest BCUT2D eigenvalue weighted by molar-refractivity contribution is 0.254. The fourth-order valence-corrected chi connectivity index (χ4v) is 4.17. The first-order chi connectivity index (χ1) is 10.3. The van der Waals surface area contributed by atoms with Crippen LogP contribution < -0.4 is 10.2 Å². The molecular formula is C19H30N2. The van der Waals surface area contributed by atoms with E-state index in [4.69, 9.17) is 0 Å². The van der Waals surface area contributed by atoms with E-state index in [0.29, 0.717) is 6.04 Å². The number of anilines is 2. The number of benzene rings is 1. The molecule has 0 aromatic heterocycles. The van der Waals surface area contributed by atoms with Crippen LogP contribution in [0.5, 0.6) is 0 Å². The highest BCUT2D eigenvalue weighted by molar-refractivity contribution is 5.70. The van der Waals surface area contributed by atoms with Crippen LogP contribution in [0.4, 0.5) is 11.4 Å². The van der Waals surface area contributed by atoms with Gasteiger partial charge < -0.3 is 10.2 Å². The Morgan fingerprint density at radius 2 is 1.71 bits per heavy atom. The Bertz CT molecular complexity index is 449. The van der Waals surface area contributed by atoms with E-state index in [0.717, 1.165) is 11.8 Å². The molecule has 2 nitrogen and oxygen atoms in total. The van der Waals surface area contributed by atoms with Crippen LogP contribution in [0.2, 0.25) is 0 Å². The van der Waals surface area contributed by atoms with Crippen LogP contribution >= 0.6 is 0 Å². The third-order valence-corrected chi connectivity index (χ3v) is 5.37. The van der Waals surface area contributed by atoms with E-state index < -0.39 is 0 Å². The number of rotatable bonds is 4. The molecule has 116 valence electrons. The first-order valence-electron chi connectivity index (χ1n) is 8.86. The van der Waals surface area contributed by atoms with Gasteiger partial charge in [-0.2, -0.15) is 0 Å². The molecule has 1 aliphatic heterocycles. The van der Waals surface area contributed by atoms with Crippen molar-refractivity contribution in [1.82, 2.24) is 0 Å². The molecule has 2 aliphatic rings. The fourth-order valence-electron chi connectivity index (χ4n) is 4.17. The van der Waals surface area contributed by atoms with Gasteiger partial charge in [-0.1, -0.05) is 38.8 Å². The summed E-state index contributed by atoms with van der Waals surface area (Å²) in [5.74, 6) is 1.60. The lowest BCUT2D eigenvalue weighted by Crippen LogP contribution is -2.35. The second-order valence-corrected chi connectivity index (χ2v) is 7.15. The van der Waals surface area contributed by atoms with Crippen LogP contribution in [0.15, 0.2) is 24.3 Å². The molecule has 0 spiro atoms. The minimum atomic E-state index is 0.655. The van der Waals surface area contributed by atoms with Gasteiger partial charge in [-0.05, 0) is 49.7 Å². The van der Waals surface area contributed by atoms with E-state index in [-0.39, 0.29) is 0 Å². The Morgan fingerprint density at radius 3 is 2.48 bits per heavy atom. The Hall–Kier alpha value is -1.18.